The molecule has 5 heteroatoms. The van der Waals surface area contributed by atoms with E-state index in [1.807, 2.05) is 18.2 Å². The van der Waals surface area contributed by atoms with Crippen molar-refractivity contribution in [2.45, 2.75) is 0 Å². The first-order valence-electron chi connectivity index (χ1n) is 4.17. The molecule has 0 aromatic carbocycles. The molecule has 0 radical (unpaired) electrons. The number of hydrogen-bond donors (Lipinski definition) is 1. The van der Waals surface area contributed by atoms with Crippen molar-refractivity contribution in [2.75, 3.05) is 0 Å². The summed E-state index contributed by atoms with van der Waals surface area (Å²) in [6.45, 7) is 0. The molecule has 14 heavy (non-hydrogen) atoms. The van der Waals surface area contributed by atoms with Gasteiger partial charge >= 0.3 is 5.69 Å². The minimum absolute atomic E-state index is 0.243. The topological polar surface area (TPSA) is 63.0 Å². The molecule has 0 saturated heterocycles. The first-order valence-corrected chi connectivity index (χ1v) is 4.17. The highest BCUT2D eigenvalue weighted by molar-refractivity contribution is 5.89. The van der Waals surface area contributed by atoms with Crippen LogP contribution in [0.25, 0.3) is 16.6 Å². The van der Waals surface area contributed by atoms with Gasteiger partial charge in [0.2, 0.25) is 0 Å². The number of fused-ring (bicyclic) bond motifs is 3. The van der Waals surface area contributed by atoms with Crippen molar-refractivity contribution >= 4 is 16.6 Å². The van der Waals surface area contributed by atoms with Gasteiger partial charge in [0.25, 0.3) is 0 Å². The molecule has 3 aromatic rings. The Morgan fingerprint density at radius 3 is 3.21 bits per heavy atom. The summed E-state index contributed by atoms with van der Waals surface area (Å²) in [5.74, 6) is 0. The summed E-state index contributed by atoms with van der Waals surface area (Å²) in [7, 11) is 0. The van der Waals surface area contributed by atoms with Crippen LogP contribution in [-0.2, 0) is 0 Å². The highest BCUT2D eigenvalue weighted by atomic mass is 16.1. The van der Waals surface area contributed by atoms with E-state index < -0.39 is 0 Å². The van der Waals surface area contributed by atoms with Crippen LogP contribution in [0.4, 0.5) is 0 Å². The van der Waals surface area contributed by atoms with E-state index >= 15 is 0 Å². The van der Waals surface area contributed by atoms with Gasteiger partial charge in [-0.05, 0) is 12.1 Å². The molecule has 0 aliphatic carbocycles. The zero-order valence-corrected chi connectivity index (χ0v) is 7.14. The van der Waals surface area contributed by atoms with Crippen LogP contribution in [0.1, 0.15) is 0 Å². The van der Waals surface area contributed by atoms with Gasteiger partial charge < -0.3 is 0 Å². The summed E-state index contributed by atoms with van der Waals surface area (Å²) in [6.07, 6.45) is 3.37. The lowest BCUT2D eigenvalue weighted by Crippen LogP contribution is -2.08. The van der Waals surface area contributed by atoms with Gasteiger partial charge in [0.15, 0.2) is 5.65 Å². The highest BCUT2D eigenvalue weighted by Crippen LogP contribution is 2.12. The normalized spacial score (nSPS) is 11.1. The third kappa shape index (κ3) is 0.806. The molecule has 0 saturated carbocycles. The molecule has 0 spiro atoms. The van der Waals surface area contributed by atoms with Gasteiger partial charge in [0.1, 0.15) is 5.52 Å². The Morgan fingerprint density at radius 1 is 1.36 bits per heavy atom. The quantitative estimate of drug-likeness (QED) is 0.558. The summed E-state index contributed by atoms with van der Waals surface area (Å²) in [4.78, 5) is 15.4. The first-order chi connectivity index (χ1) is 6.86. The molecule has 0 fully saturated rings. The van der Waals surface area contributed by atoms with E-state index in [2.05, 4.69) is 15.2 Å². The number of nitrogens with one attached hydrogen (secondary N) is 1. The Morgan fingerprint density at radius 2 is 2.29 bits per heavy atom. The van der Waals surface area contributed by atoms with Crippen LogP contribution in [0.5, 0.6) is 0 Å². The number of H-pyrrole nitrogens is 1. The van der Waals surface area contributed by atoms with Crippen LogP contribution in [0.15, 0.2) is 35.4 Å². The Kier molecular flexibility index (Phi) is 1.25. The highest BCUT2D eigenvalue weighted by Gasteiger charge is 2.04. The van der Waals surface area contributed by atoms with Crippen molar-refractivity contribution in [2.24, 2.45) is 0 Å². The van der Waals surface area contributed by atoms with E-state index in [1.54, 1.807) is 12.4 Å². The van der Waals surface area contributed by atoms with Gasteiger partial charge in [0, 0.05) is 17.8 Å². The maximum Gasteiger partial charge on any atom is 0.347 e. The Balaban J connectivity index is 2.68. The molecule has 3 heterocycles. The van der Waals surface area contributed by atoms with Gasteiger partial charge in [-0.1, -0.05) is 6.07 Å². The zero-order valence-electron chi connectivity index (χ0n) is 7.14. The summed E-state index contributed by atoms with van der Waals surface area (Å²) >= 11 is 0. The predicted octanol–water partition coefficient (Wildman–Crippen LogP) is 0.571. The van der Waals surface area contributed by atoms with E-state index in [0.29, 0.717) is 5.65 Å². The standard InChI is InChI=1S/C9H6N4O/c14-9-12-11-8-7-6(2-1-4-10-7)3-5-13(8)9/h1-5H,(H,12,14). The molecule has 0 atom stereocenters. The molecule has 0 aliphatic rings. The fourth-order valence-corrected chi connectivity index (χ4v) is 1.50. The molecular weight excluding hydrogens is 180 g/mol. The third-order valence-electron chi connectivity index (χ3n) is 2.16. The SMILES string of the molecule is O=c1[nH]nc2c3ncccc3ccn12. The molecule has 0 amide bonds. The fraction of sp³-hybridized carbons (Fsp3) is 0. The molecule has 68 valence electrons. The van der Waals surface area contributed by atoms with Gasteiger partial charge in [-0.3, -0.25) is 4.98 Å². The Hall–Kier alpha value is -2.17. The molecule has 3 rings (SSSR count). The summed E-state index contributed by atoms with van der Waals surface area (Å²) in [5, 5.41) is 7.27. The lowest BCUT2D eigenvalue weighted by Gasteiger charge is -1.96. The predicted molar refractivity (Wildman–Crippen MR) is 51.1 cm³/mol. The summed E-state index contributed by atoms with van der Waals surface area (Å²) in [5.41, 5.74) is 1.05. The lowest BCUT2D eigenvalue weighted by molar-refractivity contribution is 1.02. The maximum atomic E-state index is 11.2. The number of aromatic nitrogens is 4. The molecule has 0 unspecified atom stereocenters. The summed E-state index contributed by atoms with van der Waals surface area (Å²) < 4.78 is 1.44. The number of pyridine rings is 2. The van der Waals surface area contributed by atoms with Crippen molar-refractivity contribution in [1.29, 1.82) is 0 Å². The van der Waals surface area contributed by atoms with Gasteiger partial charge in [-0.25, -0.2) is 14.3 Å². The second-order valence-electron chi connectivity index (χ2n) is 2.98. The third-order valence-corrected chi connectivity index (χ3v) is 2.16. The minimum Gasteiger partial charge on any atom is -0.252 e. The number of rotatable bonds is 0. The summed E-state index contributed by atoms with van der Waals surface area (Å²) in [6, 6.07) is 5.62. The van der Waals surface area contributed by atoms with Crippen LogP contribution in [-0.4, -0.2) is 19.6 Å². The number of nitrogens with zero attached hydrogens (tertiary/aromatic N) is 3. The van der Waals surface area contributed by atoms with E-state index in [0.717, 1.165) is 10.9 Å². The number of hydrogen-bond acceptors (Lipinski definition) is 3. The van der Waals surface area contributed by atoms with E-state index in [4.69, 9.17) is 0 Å². The smallest absolute Gasteiger partial charge is 0.252 e. The van der Waals surface area contributed by atoms with Crippen LogP contribution in [0.2, 0.25) is 0 Å². The second-order valence-corrected chi connectivity index (χ2v) is 2.98. The van der Waals surface area contributed by atoms with Crippen LogP contribution < -0.4 is 5.69 Å². The molecule has 1 N–H and O–H groups in total. The van der Waals surface area contributed by atoms with Crippen molar-refractivity contribution in [3.05, 3.63) is 41.1 Å². The van der Waals surface area contributed by atoms with Crippen LogP contribution in [0, 0.1) is 0 Å². The van der Waals surface area contributed by atoms with E-state index in [9.17, 15) is 4.79 Å². The van der Waals surface area contributed by atoms with Crippen molar-refractivity contribution < 1.29 is 0 Å². The molecular formula is C9H6N4O. The average Bonchev–Trinajstić information content (AvgIpc) is 2.61. The maximum absolute atomic E-state index is 11.2. The molecule has 0 aliphatic heterocycles. The Labute approximate surface area is 78.0 Å². The Bertz CT molecular complexity index is 667. The van der Waals surface area contributed by atoms with E-state index in [-0.39, 0.29) is 5.69 Å². The van der Waals surface area contributed by atoms with Gasteiger partial charge in [-0.2, -0.15) is 5.10 Å². The van der Waals surface area contributed by atoms with Crippen molar-refractivity contribution in [1.82, 2.24) is 19.6 Å². The average molecular weight is 186 g/mol. The lowest BCUT2D eigenvalue weighted by atomic mass is 10.2. The second kappa shape index (κ2) is 2.41. The molecule has 3 aromatic heterocycles. The van der Waals surface area contributed by atoms with Crippen molar-refractivity contribution in [3.63, 3.8) is 0 Å². The monoisotopic (exact) mass is 186 g/mol. The fourth-order valence-electron chi connectivity index (χ4n) is 1.50. The van der Waals surface area contributed by atoms with Crippen LogP contribution in [0.3, 0.4) is 0 Å². The van der Waals surface area contributed by atoms with Gasteiger partial charge in [0.05, 0.1) is 0 Å². The van der Waals surface area contributed by atoms with Crippen LogP contribution >= 0.6 is 0 Å². The van der Waals surface area contributed by atoms with Crippen molar-refractivity contribution in [3.8, 4) is 0 Å². The van der Waals surface area contributed by atoms with E-state index in [1.165, 1.54) is 4.40 Å². The molecule has 5 nitrogen and oxygen atoms in total. The van der Waals surface area contributed by atoms with Gasteiger partial charge in [-0.15, -0.1) is 0 Å². The molecule has 0 bridgehead atoms. The largest absolute Gasteiger partial charge is 0.347 e. The number of aromatic amines is 1. The first kappa shape index (κ1) is 7.25. The minimum atomic E-state index is -0.243. The zero-order chi connectivity index (χ0) is 9.54.